The summed E-state index contributed by atoms with van der Waals surface area (Å²) in [6, 6.07) is 0. The minimum atomic E-state index is -1.87. The standard InChI is InChI=1S/C19H30N2O3S/c1-11-12(2)16-14(9-10-19(7,8)23-16)13(3)15(11)24-25(22)21-17(20)18(4,5)6/h9-10H2,1-8H3,(H2,20,21). The molecule has 0 saturated carbocycles. The van der Waals surface area contributed by atoms with Crippen molar-refractivity contribution in [2.45, 2.75) is 73.8 Å². The summed E-state index contributed by atoms with van der Waals surface area (Å²) in [5, 5.41) is 0. The molecule has 1 atom stereocenters. The van der Waals surface area contributed by atoms with Crippen LogP contribution in [-0.2, 0) is 17.7 Å². The van der Waals surface area contributed by atoms with E-state index in [0.29, 0.717) is 11.6 Å². The van der Waals surface area contributed by atoms with E-state index < -0.39 is 11.3 Å². The molecule has 0 aliphatic carbocycles. The van der Waals surface area contributed by atoms with Crippen LogP contribution in [0.5, 0.6) is 11.5 Å². The van der Waals surface area contributed by atoms with Gasteiger partial charge < -0.3 is 14.7 Å². The van der Waals surface area contributed by atoms with Crippen LogP contribution in [0.2, 0.25) is 0 Å². The number of hydrogen-bond acceptors (Lipinski definition) is 3. The fourth-order valence-corrected chi connectivity index (χ4v) is 3.64. The van der Waals surface area contributed by atoms with Gasteiger partial charge in [0.25, 0.3) is 0 Å². The first-order chi connectivity index (χ1) is 11.3. The molecule has 0 bridgehead atoms. The molecule has 2 N–H and O–H groups in total. The minimum absolute atomic E-state index is 0.173. The van der Waals surface area contributed by atoms with Crippen LogP contribution in [0.1, 0.15) is 63.3 Å². The molecule has 1 aromatic rings. The van der Waals surface area contributed by atoms with Crippen molar-refractivity contribution in [3.63, 3.8) is 0 Å². The van der Waals surface area contributed by atoms with Crippen LogP contribution in [0.3, 0.4) is 0 Å². The van der Waals surface area contributed by atoms with Crippen LogP contribution in [-0.4, -0.2) is 15.6 Å². The van der Waals surface area contributed by atoms with Gasteiger partial charge in [-0.3, -0.25) is 0 Å². The van der Waals surface area contributed by atoms with Crippen molar-refractivity contribution >= 4 is 17.1 Å². The summed E-state index contributed by atoms with van der Waals surface area (Å²) in [4.78, 5) is 0. The minimum Gasteiger partial charge on any atom is -0.487 e. The zero-order valence-electron chi connectivity index (χ0n) is 16.6. The lowest BCUT2D eigenvalue weighted by Crippen LogP contribution is -2.33. The Morgan fingerprint density at radius 3 is 2.36 bits per heavy atom. The van der Waals surface area contributed by atoms with Crippen molar-refractivity contribution in [1.29, 1.82) is 0 Å². The number of hydrogen-bond donors (Lipinski definition) is 1. The monoisotopic (exact) mass is 366 g/mol. The van der Waals surface area contributed by atoms with E-state index in [1.54, 1.807) is 0 Å². The highest BCUT2D eigenvalue weighted by molar-refractivity contribution is 7.79. The molecule has 5 nitrogen and oxygen atoms in total. The van der Waals surface area contributed by atoms with Crippen LogP contribution < -0.4 is 14.7 Å². The second-order valence-electron chi connectivity index (χ2n) is 8.40. The molecule has 2 rings (SSSR count). The van der Waals surface area contributed by atoms with Crippen molar-refractivity contribution in [3.05, 3.63) is 22.3 Å². The predicted molar refractivity (Wildman–Crippen MR) is 104 cm³/mol. The highest BCUT2D eigenvalue weighted by Gasteiger charge is 2.31. The fraction of sp³-hybridized carbons (Fsp3) is 0.632. The summed E-state index contributed by atoms with van der Waals surface area (Å²) in [7, 11) is 0. The molecule has 0 fully saturated rings. The SMILES string of the molecule is Cc1c(C)c2c(c(C)c1OS(=O)/N=C(/N)C(C)(C)C)CCC(C)(C)O2. The number of rotatable bonds is 3. The van der Waals surface area contributed by atoms with Gasteiger partial charge in [-0.1, -0.05) is 20.8 Å². The lowest BCUT2D eigenvalue weighted by molar-refractivity contribution is 0.0832. The van der Waals surface area contributed by atoms with Crippen LogP contribution in [0, 0.1) is 26.2 Å². The predicted octanol–water partition coefficient (Wildman–Crippen LogP) is 4.08. The number of ether oxygens (including phenoxy) is 1. The quantitative estimate of drug-likeness (QED) is 0.646. The second-order valence-corrected chi connectivity index (χ2v) is 9.18. The van der Waals surface area contributed by atoms with Gasteiger partial charge in [-0.15, -0.1) is 4.40 Å². The molecule has 0 spiro atoms. The number of amidine groups is 1. The van der Waals surface area contributed by atoms with Crippen LogP contribution >= 0.6 is 0 Å². The van der Waals surface area contributed by atoms with Crippen molar-refractivity contribution in [2.24, 2.45) is 15.5 Å². The van der Waals surface area contributed by atoms with E-state index in [1.165, 1.54) is 0 Å². The summed E-state index contributed by atoms with van der Waals surface area (Å²) in [5.74, 6) is 1.85. The highest BCUT2D eigenvalue weighted by atomic mass is 32.2. The molecule has 1 aromatic carbocycles. The number of benzene rings is 1. The molecule has 25 heavy (non-hydrogen) atoms. The zero-order chi connectivity index (χ0) is 19.2. The third-order valence-electron chi connectivity index (χ3n) is 4.76. The van der Waals surface area contributed by atoms with E-state index in [-0.39, 0.29) is 11.0 Å². The largest absolute Gasteiger partial charge is 0.487 e. The topological polar surface area (TPSA) is 73.9 Å². The molecular formula is C19H30N2O3S. The molecule has 1 unspecified atom stereocenters. The van der Waals surface area contributed by atoms with E-state index in [1.807, 2.05) is 41.5 Å². The fourth-order valence-electron chi connectivity index (χ4n) is 2.78. The van der Waals surface area contributed by atoms with Gasteiger partial charge in [0.15, 0.2) is 0 Å². The summed E-state index contributed by atoms with van der Waals surface area (Å²) >= 11 is -1.87. The molecule has 1 heterocycles. The Kier molecular flexibility index (Phi) is 5.24. The molecule has 0 saturated heterocycles. The molecule has 1 aliphatic heterocycles. The molecular weight excluding hydrogens is 336 g/mol. The Hall–Kier alpha value is -1.56. The lowest BCUT2D eigenvalue weighted by Gasteiger charge is -2.35. The zero-order valence-corrected chi connectivity index (χ0v) is 17.4. The molecule has 1 aliphatic rings. The first-order valence-electron chi connectivity index (χ1n) is 8.60. The Morgan fingerprint density at radius 1 is 1.20 bits per heavy atom. The Bertz CT molecular complexity index is 746. The molecule has 0 radical (unpaired) electrons. The number of nitrogens with two attached hydrogens (primary N) is 1. The first-order valence-corrected chi connectivity index (χ1v) is 9.63. The maximum atomic E-state index is 12.3. The smallest absolute Gasteiger partial charge is 0.340 e. The first kappa shape index (κ1) is 19.8. The van der Waals surface area contributed by atoms with E-state index in [0.717, 1.165) is 40.8 Å². The average molecular weight is 367 g/mol. The van der Waals surface area contributed by atoms with Crippen LogP contribution in [0.15, 0.2) is 4.40 Å². The Balaban J connectivity index is 2.41. The van der Waals surface area contributed by atoms with Gasteiger partial charge in [0.2, 0.25) is 0 Å². The maximum absolute atomic E-state index is 12.3. The van der Waals surface area contributed by atoms with Crippen LogP contribution in [0.4, 0.5) is 0 Å². The third-order valence-corrected chi connectivity index (χ3v) is 5.42. The summed E-state index contributed by atoms with van der Waals surface area (Å²) < 4.78 is 28.2. The number of fused-ring (bicyclic) bond motifs is 1. The van der Waals surface area contributed by atoms with E-state index >= 15 is 0 Å². The van der Waals surface area contributed by atoms with Crippen molar-refractivity contribution in [1.82, 2.24) is 0 Å². The van der Waals surface area contributed by atoms with Crippen molar-refractivity contribution < 1.29 is 13.1 Å². The van der Waals surface area contributed by atoms with Gasteiger partial charge >= 0.3 is 11.3 Å². The van der Waals surface area contributed by atoms with Gasteiger partial charge in [-0.2, -0.15) is 4.21 Å². The maximum Gasteiger partial charge on any atom is 0.340 e. The third kappa shape index (κ3) is 4.17. The summed E-state index contributed by atoms with van der Waals surface area (Å²) in [6.45, 7) is 15.9. The highest BCUT2D eigenvalue weighted by Crippen LogP contribution is 2.43. The molecule has 0 amide bonds. The van der Waals surface area contributed by atoms with Crippen LogP contribution in [0.25, 0.3) is 0 Å². The molecule has 140 valence electrons. The van der Waals surface area contributed by atoms with E-state index in [4.69, 9.17) is 14.7 Å². The summed E-state index contributed by atoms with van der Waals surface area (Å²) in [5.41, 5.74) is 9.42. The number of nitrogens with zero attached hydrogens (tertiary/aromatic N) is 1. The Morgan fingerprint density at radius 2 is 1.80 bits per heavy atom. The summed E-state index contributed by atoms with van der Waals surface area (Å²) in [6.07, 6.45) is 1.84. The van der Waals surface area contributed by atoms with Gasteiger partial charge in [-0.05, 0) is 64.2 Å². The van der Waals surface area contributed by atoms with Gasteiger partial charge in [-0.25, -0.2) is 0 Å². The van der Waals surface area contributed by atoms with E-state index in [2.05, 4.69) is 18.2 Å². The molecule has 0 aromatic heterocycles. The normalized spacial score (nSPS) is 18.3. The second kappa shape index (κ2) is 6.63. The van der Waals surface area contributed by atoms with Gasteiger partial charge in [0.1, 0.15) is 22.9 Å². The molecule has 6 heteroatoms. The van der Waals surface area contributed by atoms with E-state index in [9.17, 15) is 4.21 Å². The van der Waals surface area contributed by atoms with Crippen molar-refractivity contribution in [2.75, 3.05) is 0 Å². The van der Waals surface area contributed by atoms with Gasteiger partial charge in [0, 0.05) is 11.0 Å². The van der Waals surface area contributed by atoms with Crippen molar-refractivity contribution in [3.8, 4) is 11.5 Å². The van der Waals surface area contributed by atoms with Gasteiger partial charge in [0.05, 0.1) is 0 Å². The average Bonchev–Trinajstić information content (AvgIpc) is 2.47. The lowest BCUT2D eigenvalue weighted by atomic mass is 9.88. The Labute approximate surface area is 153 Å².